The van der Waals surface area contributed by atoms with E-state index in [4.69, 9.17) is 11.6 Å². The van der Waals surface area contributed by atoms with E-state index < -0.39 is 10.0 Å². The molecule has 3 rings (SSSR count). The maximum atomic E-state index is 13.4. The van der Waals surface area contributed by atoms with E-state index in [9.17, 15) is 8.42 Å². The van der Waals surface area contributed by atoms with Crippen LogP contribution < -0.4 is 4.90 Å². The molecule has 0 fully saturated rings. The van der Waals surface area contributed by atoms with Crippen LogP contribution in [0.4, 0.5) is 5.69 Å². The number of benzene rings is 3. The minimum Gasteiger partial charge on any atom is -0.372 e. The first-order valence-electron chi connectivity index (χ1n) is 10.1. The van der Waals surface area contributed by atoms with Gasteiger partial charge in [0.15, 0.2) is 0 Å². The molecule has 0 atom stereocenters. The summed E-state index contributed by atoms with van der Waals surface area (Å²) in [4.78, 5) is 2.50. The second-order valence-corrected chi connectivity index (χ2v) is 9.43. The molecule has 158 valence electrons. The van der Waals surface area contributed by atoms with Gasteiger partial charge in [0.25, 0.3) is 0 Å². The lowest BCUT2D eigenvalue weighted by Gasteiger charge is -2.24. The van der Waals surface area contributed by atoms with Gasteiger partial charge in [0.1, 0.15) is 0 Å². The SMILES string of the molecule is CCN(CC)c1ccc(CN(Cc2ccccc2)S(=O)(=O)c2ccc(Cl)cc2)cc1. The average molecular weight is 443 g/mol. The molecule has 0 heterocycles. The van der Waals surface area contributed by atoms with Gasteiger partial charge in [0.05, 0.1) is 4.90 Å². The molecule has 0 aliphatic heterocycles. The summed E-state index contributed by atoms with van der Waals surface area (Å²) in [5.41, 5.74) is 3.02. The van der Waals surface area contributed by atoms with Crippen LogP contribution in [0.25, 0.3) is 0 Å². The van der Waals surface area contributed by atoms with Crippen molar-refractivity contribution < 1.29 is 8.42 Å². The molecular weight excluding hydrogens is 416 g/mol. The Morgan fingerprint density at radius 2 is 1.27 bits per heavy atom. The quantitative estimate of drug-likeness (QED) is 0.434. The summed E-state index contributed by atoms with van der Waals surface area (Å²) >= 11 is 5.95. The maximum Gasteiger partial charge on any atom is 0.243 e. The lowest BCUT2D eigenvalue weighted by atomic mass is 10.1. The van der Waals surface area contributed by atoms with Gasteiger partial charge in [-0.25, -0.2) is 8.42 Å². The summed E-state index contributed by atoms with van der Waals surface area (Å²) in [6.45, 7) is 6.69. The average Bonchev–Trinajstić information content (AvgIpc) is 2.76. The van der Waals surface area contributed by atoms with Crippen molar-refractivity contribution in [3.05, 3.63) is 95.0 Å². The Bertz CT molecular complexity index is 1030. The molecule has 0 radical (unpaired) electrons. The molecule has 3 aromatic carbocycles. The van der Waals surface area contributed by atoms with Crippen molar-refractivity contribution in [3.63, 3.8) is 0 Å². The first-order valence-corrected chi connectivity index (χ1v) is 11.9. The molecule has 0 bridgehead atoms. The minimum absolute atomic E-state index is 0.239. The fourth-order valence-corrected chi connectivity index (χ4v) is 4.92. The van der Waals surface area contributed by atoms with Crippen molar-refractivity contribution in [3.8, 4) is 0 Å². The predicted octanol–water partition coefficient (Wildman–Crippen LogP) is 5.58. The highest BCUT2D eigenvalue weighted by atomic mass is 35.5. The Morgan fingerprint density at radius 3 is 1.80 bits per heavy atom. The van der Waals surface area contributed by atoms with Crippen LogP contribution in [0.5, 0.6) is 0 Å². The molecule has 30 heavy (non-hydrogen) atoms. The van der Waals surface area contributed by atoms with Crippen LogP contribution in [-0.4, -0.2) is 25.8 Å². The fourth-order valence-electron chi connectivity index (χ4n) is 3.37. The molecule has 0 spiro atoms. The Kier molecular flexibility index (Phi) is 7.53. The number of rotatable bonds is 9. The van der Waals surface area contributed by atoms with Crippen molar-refractivity contribution in [1.82, 2.24) is 4.31 Å². The van der Waals surface area contributed by atoms with E-state index in [2.05, 4.69) is 30.9 Å². The highest BCUT2D eigenvalue weighted by Crippen LogP contribution is 2.24. The molecule has 0 unspecified atom stereocenters. The first kappa shape index (κ1) is 22.3. The van der Waals surface area contributed by atoms with Crippen LogP contribution in [0.15, 0.2) is 83.8 Å². The molecule has 3 aromatic rings. The Balaban J connectivity index is 1.90. The summed E-state index contributed by atoms with van der Waals surface area (Å²) in [6, 6.07) is 24.1. The van der Waals surface area contributed by atoms with E-state index in [-0.39, 0.29) is 4.90 Å². The number of nitrogens with zero attached hydrogens (tertiary/aromatic N) is 2. The molecule has 0 amide bonds. The van der Waals surface area contributed by atoms with Gasteiger partial charge in [-0.1, -0.05) is 54.1 Å². The number of hydrogen-bond acceptors (Lipinski definition) is 3. The number of halogens is 1. The molecule has 0 aliphatic rings. The van der Waals surface area contributed by atoms with E-state index in [1.807, 2.05) is 42.5 Å². The Morgan fingerprint density at radius 1 is 0.733 bits per heavy atom. The van der Waals surface area contributed by atoms with Crippen LogP contribution in [-0.2, 0) is 23.1 Å². The summed E-state index contributed by atoms with van der Waals surface area (Å²) in [7, 11) is -3.69. The van der Waals surface area contributed by atoms with Crippen molar-refractivity contribution in [1.29, 1.82) is 0 Å². The second kappa shape index (κ2) is 10.1. The van der Waals surface area contributed by atoms with E-state index in [0.717, 1.165) is 29.9 Å². The van der Waals surface area contributed by atoms with Crippen LogP contribution >= 0.6 is 11.6 Å². The van der Waals surface area contributed by atoms with Gasteiger partial charge in [-0.15, -0.1) is 0 Å². The lowest BCUT2D eigenvalue weighted by Crippen LogP contribution is -2.30. The summed E-state index contributed by atoms with van der Waals surface area (Å²) in [6.07, 6.45) is 0. The molecule has 0 aromatic heterocycles. The van der Waals surface area contributed by atoms with Crippen molar-refractivity contribution in [2.75, 3.05) is 18.0 Å². The molecular formula is C24H27ClN2O2S. The van der Waals surface area contributed by atoms with Crippen molar-refractivity contribution >= 4 is 27.3 Å². The van der Waals surface area contributed by atoms with Crippen molar-refractivity contribution in [2.24, 2.45) is 0 Å². The minimum atomic E-state index is -3.69. The van der Waals surface area contributed by atoms with Gasteiger partial charge >= 0.3 is 0 Å². The molecule has 4 nitrogen and oxygen atoms in total. The van der Waals surface area contributed by atoms with Crippen LogP contribution in [0.2, 0.25) is 5.02 Å². The first-order chi connectivity index (χ1) is 14.4. The smallest absolute Gasteiger partial charge is 0.243 e. The zero-order valence-electron chi connectivity index (χ0n) is 17.3. The van der Waals surface area contributed by atoms with Gasteiger partial charge in [-0.3, -0.25) is 0 Å². The monoisotopic (exact) mass is 442 g/mol. The largest absolute Gasteiger partial charge is 0.372 e. The normalized spacial score (nSPS) is 11.6. The zero-order chi connectivity index (χ0) is 21.6. The number of sulfonamides is 1. The zero-order valence-corrected chi connectivity index (χ0v) is 18.9. The number of hydrogen-bond donors (Lipinski definition) is 0. The Labute approximate surface area is 184 Å². The molecule has 0 N–H and O–H groups in total. The second-order valence-electron chi connectivity index (χ2n) is 7.05. The number of anilines is 1. The molecule has 0 saturated heterocycles. The third-order valence-corrected chi connectivity index (χ3v) is 7.13. The maximum absolute atomic E-state index is 13.4. The van der Waals surface area contributed by atoms with E-state index >= 15 is 0 Å². The highest BCUT2D eigenvalue weighted by Gasteiger charge is 2.25. The topological polar surface area (TPSA) is 40.6 Å². The lowest BCUT2D eigenvalue weighted by molar-refractivity contribution is 0.401. The van der Waals surface area contributed by atoms with E-state index in [1.54, 1.807) is 24.3 Å². The molecule has 6 heteroatoms. The van der Waals surface area contributed by atoms with Gasteiger partial charge in [-0.05, 0) is 61.4 Å². The van der Waals surface area contributed by atoms with E-state index in [1.165, 1.54) is 4.31 Å². The summed E-state index contributed by atoms with van der Waals surface area (Å²) in [5.74, 6) is 0. The third-order valence-electron chi connectivity index (χ3n) is 5.08. The van der Waals surface area contributed by atoms with E-state index in [0.29, 0.717) is 18.1 Å². The molecule has 0 saturated carbocycles. The van der Waals surface area contributed by atoms with Gasteiger partial charge in [-0.2, -0.15) is 4.31 Å². The van der Waals surface area contributed by atoms with Crippen LogP contribution in [0, 0.1) is 0 Å². The standard InChI is InChI=1S/C24H27ClN2O2S/c1-3-26(4-2)23-14-10-21(11-15-23)19-27(18-20-8-6-5-7-9-20)30(28,29)24-16-12-22(25)13-17-24/h5-17H,3-4,18-19H2,1-2H3. The Hall–Kier alpha value is -2.34. The summed E-state index contributed by atoms with van der Waals surface area (Å²) < 4.78 is 28.3. The predicted molar refractivity (Wildman–Crippen MR) is 124 cm³/mol. The fraction of sp³-hybridized carbons (Fsp3) is 0.250. The highest BCUT2D eigenvalue weighted by molar-refractivity contribution is 7.89. The van der Waals surface area contributed by atoms with Crippen LogP contribution in [0.1, 0.15) is 25.0 Å². The third kappa shape index (κ3) is 5.42. The molecule has 0 aliphatic carbocycles. The van der Waals surface area contributed by atoms with Gasteiger partial charge in [0.2, 0.25) is 10.0 Å². The van der Waals surface area contributed by atoms with Gasteiger partial charge in [0, 0.05) is 36.9 Å². The summed E-state index contributed by atoms with van der Waals surface area (Å²) in [5, 5.41) is 0.510. The van der Waals surface area contributed by atoms with Crippen LogP contribution in [0.3, 0.4) is 0 Å². The van der Waals surface area contributed by atoms with Gasteiger partial charge < -0.3 is 4.90 Å². The van der Waals surface area contributed by atoms with Crippen molar-refractivity contribution in [2.45, 2.75) is 31.8 Å².